The molecule has 0 radical (unpaired) electrons. The zero-order chi connectivity index (χ0) is 13.0. The number of amides is 2. The van der Waals surface area contributed by atoms with Crippen molar-refractivity contribution in [3.63, 3.8) is 0 Å². The van der Waals surface area contributed by atoms with E-state index in [4.69, 9.17) is 0 Å². The molecule has 0 bridgehead atoms. The molecule has 1 atom stereocenters. The van der Waals surface area contributed by atoms with Crippen LogP contribution in [0.1, 0.15) is 18.4 Å². The van der Waals surface area contributed by atoms with E-state index in [-0.39, 0.29) is 11.8 Å². The van der Waals surface area contributed by atoms with E-state index in [9.17, 15) is 9.59 Å². The molecule has 0 unspecified atom stereocenters. The van der Waals surface area contributed by atoms with E-state index < -0.39 is 6.04 Å². The van der Waals surface area contributed by atoms with Crippen molar-refractivity contribution in [2.45, 2.75) is 25.4 Å². The van der Waals surface area contributed by atoms with E-state index in [1.807, 2.05) is 31.3 Å². The summed E-state index contributed by atoms with van der Waals surface area (Å²) in [6.45, 7) is 0.754. The Hall–Kier alpha value is -1.88. The molecule has 1 saturated heterocycles. The molecule has 1 heterocycles. The predicted molar refractivity (Wildman–Crippen MR) is 69.0 cm³/mol. The summed E-state index contributed by atoms with van der Waals surface area (Å²) < 4.78 is 0. The lowest BCUT2D eigenvalue weighted by molar-refractivity contribution is -0.122. The summed E-state index contributed by atoms with van der Waals surface area (Å²) in [6, 6.07) is 7.25. The Labute approximate surface area is 106 Å². The zero-order valence-electron chi connectivity index (χ0n) is 10.3. The number of benzene rings is 1. The van der Waals surface area contributed by atoms with Gasteiger partial charge in [-0.25, -0.2) is 0 Å². The molecular formula is C13H17N3O2. The highest BCUT2D eigenvalue weighted by Crippen LogP contribution is 2.13. The van der Waals surface area contributed by atoms with E-state index >= 15 is 0 Å². The molecule has 96 valence electrons. The van der Waals surface area contributed by atoms with Crippen molar-refractivity contribution in [3.8, 4) is 0 Å². The van der Waals surface area contributed by atoms with Crippen molar-refractivity contribution in [2.75, 3.05) is 12.4 Å². The normalized spacial score (nSPS) is 18.5. The van der Waals surface area contributed by atoms with Gasteiger partial charge in [0.25, 0.3) is 0 Å². The lowest BCUT2D eigenvalue weighted by Gasteiger charge is -2.11. The van der Waals surface area contributed by atoms with Gasteiger partial charge in [0.1, 0.15) is 6.04 Å². The molecule has 0 aromatic heterocycles. The van der Waals surface area contributed by atoms with Crippen LogP contribution in [0.4, 0.5) is 5.69 Å². The van der Waals surface area contributed by atoms with Crippen LogP contribution in [0.2, 0.25) is 0 Å². The molecule has 0 spiro atoms. The minimum Gasteiger partial charge on any atom is -0.344 e. The molecule has 1 aliphatic heterocycles. The summed E-state index contributed by atoms with van der Waals surface area (Å²) in [5.41, 5.74) is 1.86. The van der Waals surface area contributed by atoms with E-state index in [0.717, 1.165) is 17.8 Å². The third-order valence-corrected chi connectivity index (χ3v) is 2.89. The van der Waals surface area contributed by atoms with Gasteiger partial charge >= 0.3 is 0 Å². The Morgan fingerprint density at radius 1 is 1.50 bits per heavy atom. The average molecular weight is 247 g/mol. The van der Waals surface area contributed by atoms with Gasteiger partial charge in [0.2, 0.25) is 11.8 Å². The van der Waals surface area contributed by atoms with Crippen LogP contribution in [-0.2, 0) is 16.1 Å². The Kier molecular flexibility index (Phi) is 3.94. The van der Waals surface area contributed by atoms with Gasteiger partial charge in [0.05, 0.1) is 0 Å². The maximum absolute atomic E-state index is 11.9. The Morgan fingerprint density at radius 3 is 3.00 bits per heavy atom. The van der Waals surface area contributed by atoms with Gasteiger partial charge in [-0.05, 0) is 31.2 Å². The van der Waals surface area contributed by atoms with Gasteiger partial charge in [-0.2, -0.15) is 0 Å². The monoisotopic (exact) mass is 247 g/mol. The Bertz CT molecular complexity index is 459. The first-order chi connectivity index (χ1) is 8.69. The number of nitrogens with one attached hydrogen (secondary N) is 3. The number of anilines is 1. The SMILES string of the molecule is CNCc1cccc(NC(=O)[C@@H]2CCC(=O)N2)c1. The van der Waals surface area contributed by atoms with Crippen molar-refractivity contribution in [1.29, 1.82) is 0 Å². The molecule has 2 amide bonds. The third-order valence-electron chi connectivity index (χ3n) is 2.89. The maximum atomic E-state index is 11.9. The molecule has 0 saturated carbocycles. The Balaban J connectivity index is 1.98. The molecule has 5 nitrogen and oxygen atoms in total. The van der Waals surface area contributed by atoms with E-state index in [2.05, 4.69) is 16.0 Å². The van der Waals surface area contributed by atoms with Gasteiger partial charge in [-0.1, -0.05) is 12.1 Å². The third kappa shape index (κ3) is 3.07. The first-order valence-corrected chi connectivity index (χ1v) is 6.03. The van der Waals surface area contributed by atoms with Crippen LogP contribution in [0.25, 0.3) is 0 Å². The van der Waals surface area contributed by atoms with Crippen molar-refractivity contribution in [2.24, 2.45) is 0 Å². The Morgan fingerprint density at radius 2 is 2.33 bits per heavy atom. The number of hydrogen-bond donors (Lipinski definition) is 3. The lowest BCUT2D eigenvalue weighted by atomic mass is 10.1. The highest BCUT2D eigenvalue weighted by Gasteiger charge is 2.26. The van der Waals surface area contributed by atoms with Gasteiger partial charge in [0.15, 0.2) is 0 Å². The summed E-state index contributed by atoms with van der Waals surface area (Å²) in [4.78, 5) is 22.9. The second-order valence-corrected chi connectivity index (χ2v) is 4.38. The highest BCUT2D eigenvalue weighted by atomic mass is 16.2. The summed E-state index contributed by atoms with van der Waals surface area (Å²) >= 11 is 0. The standard InChI is InChI=1S/C13H17N3O2/c1-14-8-9-3-2-4-10(7-9)15-13(18)11-5-6-12(17)16-11/h2-4,7,11,14H,5-6,8H2,1H3,(H,15,18)(H,16,17)/t11-/m0/s1. The molecule has 5 heteroatoms. The lowest BCUT2D eigenvalue weighted by Crippen LogP contribution is -2.37. The summed E-state index contributed by atoms with van der Waals surface area (Å²) in [6.07, 6.45) is 0.999. The molecule has 0 aliphatic carbocycles. The van der Waals surface area contributed by atoms with Crippen molar-refractivity contribution in [3.05, 3.63) is 29.8 Å². The molecule has 2 rings (SSSR count). The minimum absolute atomic E-state index is 0.0564. The smallest absolute Gasteiger partial charge is 0.246 e. The molecule has 1 aromatic carbocycles. The second-order valence-electron chi connectivity index (χ2n) is 4.38. The van der Waals surface area contributed by atoms with Crippen LogP contribution in [0.15, 0.2) is 24.3 Å². The summed E-state index contributed by atoms with van der Waals surface area (Å²) in [7, 11) is 1.87. The highest BCUT2D eigenvalue weighted by molar-refractivity contribution is 5.98. The number of carbonyl (C=O) groups excluding carboxylic acids is 2. The van der Waals surface area contributed by atoms with E-state index in [0.29, 0.717) is 12.8 Å². The number of rotatable bonds is 4. The fourth-order valence-corrected chi connectivity index (χ4v) is 2.00. The molecule has 3 N–H and O–H groups in total. The molecule has 1 aliphatic rings. The van der Waals surface area contributed by atoms with E-state index in [1.54, 1.807) is 0 Å². The first-order valence-electron chi connectivity index (χ1n) is 6.03. The van der Waals surface area contributed by atoms with Crippen molar-refractivity contribution in [1.82, 2.24) is 10.6 Å². The van der Waals surface area contributed by atoms with Gasteiger partial charge in [0, 0.05) is 18.7 Å². The summed E-state index contributed by atoms with van der Waals surface area (Å²) in [5.74, 6) is -0.207. The van der Waals surface area contributed by atoms with Crippen LogP contribution in [0.5, 0.6) is 0 Å². The van der Waals surface area contributed by atoms with Crippen LogP contribution in [0.3, 0.4) is 0 Å². The summed E-state index contributed by atoms with van der Waals surface area (Å²) in [5, 5.41) is 8.53. The topological polar surface area (TPSA) is 70.2 Å². The van der Waals surface area contributed by atoms with Crippen LogP contribution < -0.4 is 16.0 Å². The van der Waals surface area contributed by atoms with Crippen molar-refractivity contribution >= 4 is 17.5 Å². The maximum Gasteiger partial charge on any atom is 0.246 e. The predicted octanol–water partition coefficient (Wildman–Crippen LogP) is 0.623. The second kappa shape index (κ2) is 5.64. The van der Waals surface area contributed by atoms with Gasteiger partial charge < -0.3 is 16.0 Å². The fraction of sp³-hybridized carbons (Fsp3) is 0.385. The molecule has 1 fully saturated rings. The average Bonchev–Trinajstić information content (AvgIpc) is 2.77. The zero-order valence-corrected chi connectivity index (χ0v) is 10.3. The first kappa shape index (κ1) is 12.6. The quantitative estimate of drug-likeness (QED) is 0.730. The van der Waals surface area contributed by atoms with Crippen LogP contribution in [-0.4, -0.2) is 24.9 Å². The van der Waals surface area contributed by atoms with Gasteiger partial charge in [-0.15, -0.1) is 0 Å². The number of hydrogen-bond acceptors (Lipinski definition) is 3. The van der Waals surface area contributed by atoms with E-state index in [1.165, 1.54) is 0 Å². The largest absolute Gasteiger partial charge is 0.344 e. The molecular weight excluding hydrogens is 230 g/mol. The van der Waals surface area contributed by atoms with Crippen LogP contribution in [0, 0.1) is 0 Å². The fourth-order valence-electron chi connectivity index (χ4n) is 2.00. The minimum atomic E-state index is -0.398. The van der Waals surface area contributed by atoms with Crippen LogP contribution >= 0.6 is 0 Å². The van der Waals surface area contributed by atoms with Crippen molar-refractivity contribution < 1.29 is 9.59 Å². The molecule has 18 heavy (non-hydrogen) atoms. The van der Waals surface area contributed by atoms with Gasteiger partial charge in [-0.3, -0.25) is 9.59 Å². The number of carbonyl (C=O) groups is 2. The molecule has 1 aromatic rings.